The Morgan fingerprint density at radius 3 is 1.60 bits per heavy atom. The average molecular weight is 257 g/mol. The van der Waals surface area contributed by atoms with Crippen LogP contribution < -0.4 is 0 Å². The second-order valence-electron chi connectivity index (χ2n) is 3.48. The summed E-state index contributed by atoms with van der Waals surface area (Å²) in [5, 5.41) is 0. The number of nitrogens with zero attached hydrogens (tertiary/aromatic N) is 4. The van der Waals surface area contributed by atoms with Crippen molar-refractivity contribution in [2.75, 3.05) is 42.3 Å². The van der Waals surface area contributed by atoms with Gasteiger partial charge in [0, 0.05) is 0 Å². The van der Waals surface area contributed by atoms with Crippen LogP contribution in [0.1, 0.15) is 0 Å². The highest BCUT2D eigenvalue weighted by Gasteiger charge is 2.29. The molecule has 0 saturated heterocycles. The molecule has 0 aromatic carbocycles. The van der Waals surface area contributed by atoms with Crippen molar-refractivity contribution in [3.05, 3.63) is 0 Å². The summed E-state index contributed by atoms with van der Waals surface area (Å²) < 4.78 is 20.7. The molecule has 0 bridgehead atoms. The molecule has 1 atom stereocenters. The van der Waals surface area contributed by atoms with E-state index < -0.39 is 15.8 Å². The molecule has 0 aliphatic carbocycles. The Morgan fingerprint density at radius 2 is 1.40 bits per heavy atom. The smallest absolute Gasteiger partial charge is 0.297 e. The molecule has 91 valence electrons. The Labute approximate surface area is 91.7 Å². The van der Waals surface area contributed by atoms with Crippen molar-refractivity contribution in [2.24, 2.45) is 4.91 Å². The van der Waals surface area contributed by atoms with Crippen LogP contribution in [0.15, 0.2) is 4.91 Å². The first-order chi connectivity index (χ1) is 6.75. The van der Waals surface area contributed by atoms with Gasteiger partial charge in [0.05, 0.1) is 0 Å². The minimum Gasteiger partial charge on any atom is -0.297 e. The van der Waals surface area contributed by atoms with Gasteiger partial charge in [-0.1, -0.05) is 4.91 Å². The van der Waals surface area contributed by atoms with Crippen LogP contribution in [0.5, 0.6) is 0 Å². The maximum absolute atomic E-state index is 10.5. The zero-order valence-electron chi connectivity index (χ0n) is 9.95. The van der Waals surface area contributed by atoms with E-state index in [1.165, 1.54) is 0 Å². The molecule has 0 aromatic heterocycles. The van der Waals surface area contributed by atoms with Gasteiger partial charge in [0.15, 0.2) is 7.51 Å². The van der Waals surface area contributed by atoms with Gasteiger partial charge in [-0.15, -0.1) is 4.62 Å². The minimum atomic E-state index is -2.71. The Morgan fingerprint density at radius 1 is 1.07 bits per heavy atom. The van der Waals surface area contributed by atoms with Gasteiger partial charge in [0.1, 0.15) is 0 Å². The molecular weight excluding hydrogens is 238 g/mol. The lowest BCUT2D eigenvalue weighted by Crippen LogP contribution is -2.30. The van der Waals surface area contributed by atoms with E-state index in [-0.39, 0.29) is 0 Å². The largest absolute Gasteiger partial charge is 0.391 e. The van der Waals surface area contributed by atoms with Gasteiger partial charge in [-0.05, 0) is 42.3 Å². The second kappa shape index (κ2) is 6.01. The molecule has 0 amide bonds. The first-order valence-corrected chi connectivity index (χ1v) is 6.96. The normalized spacial score (nSPS) is 13.9. The highest BCUT2D eigenvalue weighted by Crippen LogP contribution is 2.55. The average Bonchev–Trinajstić information content (AvgIpc) is 2.02. The molecule has 0 fully saturated rings. The van der Waals surface area contributed by atoms with Gasteiger partial charge in [0.2, 0.25) is 0 Å². The van der Waals surface area contributed by atoms with Crippen molar-refractivity contribution in [2.45, 2.75) is 0 Å². The van der Waals surface area contributed by atoms with E-state index in [0.717, 1.165) is 0 Å². The van der Waals surface area contributed by atoms with Crippen LogP contribution in [-0.2, 0) is 9.19 Å². The van der Waals surface area contributed by atoms with E-state index in [1.807, 2.05) is 56.3 Å². The second-order valence-corrected chi connectivity index (χ2v) is 7.76. The predicted molar refractivity (Wildman–Crippen MR) is 61.3 cm³/mol. The quantitative estimate of drug-likeness (QED) is 0.589. The van der Waals surface area contributed by atoms with Crippen molar-refractivity contribution in [3.8, 4) is 0 Å². The van der Waals surface area contributed by atoms with Crippen LogP contribution in [0.25, 0.3) is 0 Å². The first kappa shape index (κ1) is 15.1. The maximum atomic E-state index is 10.5. The molecular formula is C6H19N4O3P2. The third-order valence-electron chi connectivity index (χ3n) is 1.83. The minimum absolute atomic E-state index is 1.85. The number of hydrogen-bond acceptors (Lipinski definition) is 3. The van der Waals surface area contributed by atoms with Gasteiger partial charge in [-0.3, -0.25) is 18.9 Å². The maximum Gasteiger partial charge on any atom is 0.391 e. The topological polar surface area (TPSA) is 68.6 Å². The Balaban J connectivity index is 5.32. The summed E-state index contributed by atoms with van der Waals surface area (Å²) in [6.45, 7) is 0. The lowest BCUT2D eigenvalue weighted by Gasteiger charge is -2.39. The fourth-order valence-electron chi connectivity index (χ4n) is 1.37. The van der Waals surface area contributed by atoms with Gasteiger partial charge in [-0.25, -0.2) is 4.57 Å². The van der Waals surface area contributed by atoms with Crippen molar-refractivity contribution >= 4 is 15.8 Å². The standard InChI is InChI=1S/C6H19N4O3P2/c1-8(2)15(9(3)4,10(5)6)7-13-14(11)12/h1-6H3,(H,11,12). The SMILES string of the molecule is CN(C)P(=NO[P](=O)O)(N(C)C)N(C)C. The monoisotopic (exact) mass is 257 g/mol. The van der Waals surface area contributed by atoms with Crippen LogP contribution in [0.2, 0.25) is 0 Å². The van der Waals surface area contributed by atoms with Crippen LogP contribution >= 0.6 is 15.8 Å². The van der Waals surface area contributed by atoms with E-state index in [9.17, 15) is 4.57 Å². The molecule has 1 radical (unpaired) electrons. The lowest BCUT2D eigenvalue weighted by molar-refractivity contribution is 0.288. The fourth-order valence-corrected chi connectivity index (χ4v) is 4.60. The van der Waals surface area contributed by atoms with Gasteiger partial charge >= 0.3 is 8.25 Å². The molecule has 0 aliphatic heterocycles. The molecule has 9 heteroatoms. The summed E-state index contributed by atoms with van der Waals surface area (Å²) in [7, 11) is 6.20. The molecule has 0 spiro atoms. The first-order valence-electron chi connectivity index (χ1n) is 4.23. The third-order valence-corrected chi connectivity index (χ3v) is 5.70. The zero-order valence-corrected chi connectivity index (χ0v) is 11.7. The van der Waals surface area contributed by atoms with Crippen LogP contribution in [0.4, 0.5) is 0 Å². The summed E-state index contributed by atoms with van der Waals surface area (Å²) >= 11 is 0. The predicted octanol–water partition coefficient (Wildman–Crippen LogP) is 1.20. The van der Waals surface area contributed by atoms with Crippen molar-refractivity contribution in [3.63, 3.8) is 0 Å². The van der Waals surface area contributed by atoms with E-state index >= 15 is 0 Å². The van der Waals surface area contributed by atoms with Crippen LogP contribution in [0.3, 0.4) is 0 Å². The number of hydrogen-bond donors (Lipinski definition) is 1. The molecule has 0 aliphatic rings. The Bertz CT molecular complexity index is 251. The Kier molecular flexibility index (Phi) is 6.06. The zero-order chi connectivity index (χ0) is 12.2. The fraction of sp³-hybridized carbons (Fsp3) is 1.00. The van der Waals surface area contributed by atoms with Gasteiger partial charge in [0.25, 0.3) is 0 Å². The van der Waals surface area contributed by atoms with Crippen molar-refractivity contribution in [1.29, 1.82) is 0 Å². The molecule has 15 heavy (non-hydrogen) atoms. The molecule has 0 heterocycles. The van der Waals surface area contributed by atoms with Crippen molar-refractivity contribution in [1.82, 2.24) is 14.0 Å². The van der Waals surface area contributed by atoms with E-state index in [4.69, 9.17) is 4.89 Å². The van der Waals surface area contributed by atoms with Crippen LogP contribution in [0, 0.1) is 0 Å². The van der Waals surface area contributed by atoms with E-state index in [0.29, 0.717) is 0 Å². The molecule has 1 unspecified atom stereocenters. The number of rotatable bonds is 5. The highest BCUT2D eigenvalue weighted by molar-refractivity contribution is 7.59. The van der Waals surface area contributed by atoms with Gasteiger partial charge in [-0.2, -0.15) is 0 Å². The van der Waals surface area contributed by atoms with Gasteiger partial charge < -0.3 is 0 Å². The van der Waals surface area contributed by atoms with E-state index in [2.05, 4.69) is 9.53 Å². The molecule has 0 rings (SSSR count). The molecule has 1 N–H and O–H groups in total. The Hall–Kier alpha value is 0.130. The third kappa shape index (κ3) is 3.57. The van der Waals surface area contributed by atoms with Crippen molar-refractivity contribution < 1.29 is 14.1 Å². The summed E-state index contributed by atoms with van der Waals surface area (Å²) in [6, 6.07) is 0. The summed E-state index contributed by atoms with van der Waals surface area (Å²) in [4.78, 5) is 12.5. The summed E-state index contributed by atoms with van der Waals surface area (Å²) in [5.74, 6) is 0. The highest BCUT2D eigenvalue weighted by atomic mass is 31.2. The molecule has 0 aromatic rings. The molecule has 7 nitrogen and oxygen atoms in total. The van der Waals surface area contributed by atoms with E-state index in [1.54, 1.807) is 0 Å². The lowest BCUT2D eigenvalue weighted by atomic mass is 11.2. The van der Waals surface area contributed by atoms with Crippen LogP contribution in [-0.4, -0.2) is 61.2 Å². The molecule has 0 saturated carbocycles. The summed E-state index contributed by atoms with van der Waals surface area (Å²) in [5.41, 5.74) is 0. The summed E-state index contributed by atoms with van der Waals surface area (Å²) in [6.07, 6.45) is 0.